The molecule has 3 heterocycles. The maximum atomic E-state index is 6.16. The second-order valence-corrected chi connectivity index (χ2v) is 6.29. The molecule has 0 saturated carbocycles. The van der Waals surface area contributed by atoms with Crippen LogP contribution in [0.1, 0.15) is 19.3 Å². The summed E-state index contributed by atoms with van der Waals surface area (Å²) in [7, 11) is 0. The van der Waals surface area contributed by atoms with Gasteiger partial charge in [0.1, 0.15) is 11.9 Å². The number of para-hydroxylation sites is 1. The lowest BCUT2D eigenvalue weighted by Crippen LogP contribution is -2.45. The fourth-order valence-electron chi connectivity index (χ4n) is 3.49. The molecular weight excluding hydrogens is 290 g/mol. The van der Waals surface area contributed by atoms with E-state index in [0.717, 1.165) is 44.0 Å². The van der Waals surface area contributed by atoms with Crippen molar-refractivity contribution < 1.29 is 9.47 Å². The van der Waals surface area contributed by atoms with Gasteiger partial charge in [-0.05, 0) is 31.0 Å². The lowest BCUT2D eigenvalue weighted by atomic mass is 9.88. The molecule has 120 valence electrons. The van der Waals surface area contributed by atoms with Crippen LogP contribution in [-0.4, -0.2) is 41.4 Å². The highest BCUT2D eigenvalue weighted by molar-refractivity contribution is 5.30. The van der Waals surface area contributed by atoms with E-state index in [-0.39, 0.29) is 11.7 Å². The molecule has 4 rings (SSSR count). The van der Waals surface area contributed by atoms with E-state index >= 15 is 0 Å². The van der Waals surface area contributed by atoms with Crippen LogP contribution in [0, 0.1) is 0 Å². The zero-order valence-electron chi connectivity index (χ0n) is 13.1. The molecule has 1 unspecified atom stereocenters. The number of benzene rings is 1. The maximum absolute atomic E-state index is 6.16. The summed E-state index contributed by atoms with van der Waals surface area (Å²) < 4.78 is 12.2. The van der Waals surface area contributed by atoms with Crippen LogP contribution < -0.4 is 9.64 Å². The second-order valence-electron chi connectivity index (χ2n) is 6.29. The third-order valence-electron chi connectivity index (χ3n) is 4.73. The van der Waals surface area contributed by atoms with Gasteiger partial charge in [0.2, 0.25) is 5.95 Å². The summed E-state index contributed by atoms with van der Waals surface area (Å²) >= 11 is 0. The first-order valence-electron chi connectivity index (χ1n) is 8.21. The Morgan fingerprint density at radius 1 is 1.04 bits per heavy atom. The molecule has 5 nitrogen and oxygen atoms in total. The third kappa shape index (κ3) is 3.15. The van der Waals surface area contributed by atoms with Crippen molar-refractivity contribution in [2.75, 3.05) is 24.6 Å². The van der Waals surface area contributed by atoms with Crippen molar-refractivity contribution in [1.29, 1.82) is 0 Å². The standard InChI is InChI=1S/C18H21N3O2/c1-2-5-15(6-3-1)23-16-13-18(22-14-16)7-11-21(12-8-18)17-19-9-4-10-20-17/h1-6,9-10,16H,7-8,11-14H2. The third-order valence-corrected chi connectivity index (χ3v) is 4.73. The van der Waals surface area contributed by atoms with E-state index in [1.54, 1.807) is 12.4 Å². The van der Waals surface area contributed by atoms with E-state index in [4.69, 9.17) is 9.47 Å². The summed E-state index contributed by atoms with van der Waals surface area (Å²) in [5, 5.41) is 0. The van der Waals surface area contributed by atoms with E-state index in [2.05, 4.69) is 14.9 Å². The largest absolute Gasteiger partial charge is 0.488 e. The molecule has 0 amide bonds. The first kappa shape index (κ1) is 14.5. The van der Waals surface area contributed by atoms with Gasteiger partial charge in [0.25, 0.3) is 0 Å². The molecular formula is C18H21N3O2. The molecule has 1 spiro atoms. The van der Waals surface area contributed by atoms with Crippen LogP contribution in [0.4, 0.5) is 5.95 Å². The van der Waals surface area contributed by atoms with Crippen LogP contribution >= 0.6 is 0 Å². The lowest BCUT2D eigenvalue weighted by Gasteiger charge is -2.38. The summed E-state index contributed by atoms with van der Waals surface area (Å²) in [4.78, 5) is 10.9. The lowest BCUT2D eigenvalue weighted by molar-refractivity contribution is -0.0164. The van der Waals surface area contributed by atoms with Gasteiger partial charge >= 0.3 is 0 Å². The normalized spacial score (nSPS) is 23.1. The van der Waals surface area contributed by atoms with E-state index in [0.29, 0.717) is 6.61 Å². The molecule has 2 saturated heterocycles. The molecule has 2 aliphatic heterocycles. The van der Waals surface area contributed by atoms with E-state index in [1.165, 1.54) is 0 Å². The molecule has 1 atom stereocenters. The number of ether oxygens (including phenoxy) is 2. The predicted molar refractivity (Wildman–Crippen MR) is 87.6 cm³/mol. The minimum Gasteiger partial charge on any atom is -0.488 e. The van der Waals surface area contributed by atoms with Crippen LogP contribution in [0.25, 0.3) is 0 Å². The molecule has 1 aromatic carbocycles. The zero-order valence-corrected chi connectivity index (χ0v) is 13.1. The molecule has 23 heavy (non-hydrogen) atoms. The molecule has 0 aliphatic carbocycles. The Kier molecular flexibility index (Phi) is 3.87. The summed E-state index contributed by atoms with van der Waals surface area (Å²) in [5.74, 6) is 1.74. The van der Waals surface area contributed by atoms with Gasteiger partial charge in [0.05, 0.1) is 12.2 Å². The summed E-state index contributed by atoms with van der Waals surface area (Å²) in [5.41, 5.74) is -0.0370. The molecule has 1 aromatic heterocycles. The molecule has 0 radical (unpaired) electrons. The number of hydrogen-bond donors (Lipinski definition) is 0. The highest BCUT2D eigenvalue weighted by Crippen LogP contribution is 2.37. The predicted octanol–water partition coefficient (Wildman–Crippen LogP) is 2.68. The molecule has 5 heteroatoms. The Morgan fingerprint density at radius 3 is 2.52 bits per heavy atom. The van der Waals surface area contributed by atoms with Crippen molar-refractivity contribution in [3.05, 3.63) is 48.8 Å². The smallest absolute Gasteiger partial charge is 0.225 e. The quantitative estimate of drug-likeness (QED) is 0.872. The van der Waals surface area contributed by atoms with Gasteiger partial charge in [-0.15, -0.1) is 0 Å². The number of piperidine rings is 1. The van der Waals surface area contributed by atoms with Crippen molar-refractivity contribution >= 4 is 5.95 Å². The molecule has 2 aromatic rings. The van der Waals surface area contributed by atoms with Gasteiger partial charge in [-0.3, -0.25) is 0 Å². The van der Waals surface area contributed by atoms with Gasteiger partial charge in [0.15, 0.2) is 0 Å². The fourth-order valence-corrected chi connectivity index (χ4v) is 3.49. The number of anilines is 1. The Balaban J connectivity index is 1.35. The molecule has 2 fully saturated rings. The van der Waals surface area contributed by atoms with E-state index in [9.17, 15) is 0 Å². The van der Waals surface area contributed by atoms with Gasteiger partial charge in [-0.1, -0.05) is 18.2 Å². The van der Waals surface area contributed by atoms with Crippen molar-refractivity contribution in [2.45, 2.75) is 31.0 Å². The van der Waals surface area contributed by atoms with Crippen LogP contribution in [0.2, 0.25) is 0 Å². The second kappa shape index (κ2) is 6.16. The minimum atomic E-state index is -0.0370. The van der Waals surface area contributed by atoms with Gasteiger partial charge < -0.3 is 14.4 Å². The molecule has 2 aliphatic rings. The van der Waals surface area contributed by atoms with Crippen LogP contribution in [-0.2, 0) is 4.74 Å². The topological polar surface area (TPSA) is 47.5 Å². The Bertz CT molecular complexity index is 627. The van der Waals surface area contributed by atoms with Gasteiger partial charge in [-0.25, -0.2) is 9.97 Å². The van der Waals surface area contributed by atoms with Crippen molar-refractivity contribution in [3.8, 4) is 5.75 Å². The highest BCUT2D eigenvalue weighted by atomic mass is 16.6. The number of aromatic nitrogens is 2. The van der Waals surface area contributed by atoms with Gasteiger partial charge in [-0.2, -0.15) is 0 Å². The first-order valence-corrected chi connectivity index (χ1v) is 8.21. The van der Waals surface area contributed by atoms with Crippen LogP contribution in [0.15, 0.2) is 48.8 Å². The van der Waals surface area contributed by atoms with Gasteiger partial charge in [0, 0.05) is 31.9 Å². The zero-order chi connectivity index (χ0) is 15.5. The average molecular weight is 311 g/mol. The van der Waals surface area contributed by atoms with Crippen molar-refractivity contribution in [1.82, 2.24) is 9.97 Å². The number of hydrogen-bond acceptors (Lipinski definition) is 5. The Morgan fingerprint density at radius 2 is 1.78 bits per heavy atom. The maximum Gasteiger partial charge on any atom is 0.225 e. The van der Waals surface area contributed by atoms with Crippen molar-refractivity contribution in [2.24, 2.45) is 0 Å². The van der Waals surface area contributed by atoms with E-state index in [1.807, 2.05) is 36.4 Å². The molecule has 0 N–H and O–H groups in total. The van der Waals surface area contributed by atoms with Crippen molar-refractivity contribution in [3.63, 3.8) is 0 Å². The average Bonchev–Trinajstić information content (AvgIpc) is 2.99. The number of rotatable bonds is 3. The number of nitrogens with zero attached hydrogens (tertiary/aromatic N) is 3. The van der Waals surface area contributed by atoms with Crippen LogP contribution in [0.5, 0.6) is 5.75 Å². The summed E-state index contributed by atoms with van der Waals surface area (Å²) in [6.45, 7) is 2.54. The monoisotopic (exact) mass is 311 g/mol. The van der Waals surface area contributed by atoms with Crippen LogP contribution in [0.3, 0.4) is 0 Å². The van der Waals surface area contributed by atoms with E-state index < -0.39 is 0 Å². The highest BCUT2D eigenvalue weighted by Gasteiger charge is 2.44. The summed E-state index contributed by atoms with van der Waals surface area (Å²) in [6.07, 6.45) is 6.70. The first-order chi connectivity index (χ1) is 11.3. The Labute approximate surface area is 136 Å². The minimum absolute atomic E-state index is 0.0370. The summed E-state index contributed by atoms with van der Waals surface area (Å²) in [6, 6.07) is 11.8. The fraction of sp³-hybridized carbons (Fsp3) is 0.444. The molecule has 0 bridgehead atoms. The SMILES string of the molecule is c1ccc(OC2COC3(CCN(c4ncccn4)CC3)C2)cc1. The Hall–Kier alpha value is -2.14.